The SMILES string of the molecule is CC1(C)C(N)=N[C@](C)(c2cc(/C=C(\F)c3ccc(Cl)cn3)ccc2F)CS1(=O)=O. The number of nitrogens with two attached hydrogens (primary N) is 1. The van der Waals surface area contributed by atoms with Crippen LogP contribution < -0.4 is 5.73 Å². The fraction of sp³-hybridized carbons (Fsp3) is 0.300. The molecule has 2 heterocycles. The highest BCUT2D eigenvalue weighted by Crippen LogP contribution is 2.38. The molecule has 1 aromatic carbocycles. The molecule has 0 unspecified atom stereocenters. The van der Waals surface area contributed by atoms with Crippen molar-refractivity contribution in [1.82, 2.24) is 4.98 Å². The van der Waals surface area contributed by atoms with Crippen LogP contribution >= 0.6 is 11.6 Å². The summed E-state index contributed by atoms with van der Waals surface area (Å²) in [6, 6.07) is 6.82. The maximum atomic E-state index is 14.6. The number of hydrogen-bond acceptors (Lipinski definition) is 5. The van der Waals surface area contributed by atoms with E-state index in [-0.39, 0.29) is 17.1 Å². The molecule has 0 spiro atoms. The molecule has 0 fully saturated rings. The lowest BCUT2D eigenvalue weighted by Crippen LogP contribution is -2.55. The van der Waals surface area contributed by atoms with Gasteiger partial charge < -0.3 is 5.73 Å². The van der Waals surface area contributed by atoms with Gasteiger partial charge in [0.05, 0.1) is 16.5 Å². The van der Waals surface area contributed by atoms with Gasteiger partial charge in [0.1, 0.15) is 27.8 Å². The number of aliphatic imine (C=N–C) groups is 1. The second-order valence-electron chi connectivity index (χ2n) is 7.63. The number of aromatic nitrogens is 1. The number of benzene rings is 1. The number of amidine groups is 1. The molecule has 2 aromatic rings. The summed E-state index contributed by atoms with van der Waals surface area (Å²) in [6.45, 7) is 4.42. The molecule has 154 valence electrons. The van der Waals surface area contributed by atoms with Gasteiger partial charge in [0, 0.05) is 11.8 Å². The number of sulfone groups is 1. The summed E-state index contributed by atoms with van der Waals surface area (Å²) < 4.78 is 53.2. The lowest BCUT2D eigenvalue weighted by molar-refractivity contribution is 0.475. The normalized spacial score (nSPS) is 23.5. The Kier molecular flexibility index (Phi) is 5.29. The average Bonchev–Trinajstić information content (AvgIpc) is 2.62. The Morgan fingerprint density at radius 2 is 1.93 bits per heavy atom. The van der Waals surface area contributed by atoms with E-state index < -0.39 is 37.5 Å². The minimum Gasteiger partial charge on any atom is -0.386 e. The highest BCUT2D eigenvalue weighted by Gasteiger charge is 2.49. The van der Waals surface area contributed by atoms with Crippen molar-refractivity contribution in [2.75, 3.05) is 5.75 Å². The third-order valence-electron chi connectivity index (χ3n) is 5.07. The topological polar surface area (TPSA) is 85.4 Å². The van der Waals surface area contributed by atoms with Crippen molar-refractivity contribution in [3.63, 3.8) is 0 Å². The summed E-state index contributed by atoms with van der Waals surface area (Å²) in [5.74, 6) is -1.81. The average molecular weight is 440 g/mol. The fourth-order valence-electron chi connectivity index (χ4n) is 3.06. The summed E-state index contributed by atoms with van der Waals surface area (Å²) in [6.07, 6.45) is 2.49. The van der Waals surface area contributed by atoms with E-state index >= 15 is 0 Å². The lowest BCUT2D eigenvalue weighted by Gasteiger charge is -2.38. The van der Waals surface area contributed by atoms with Crippen molar-refractivity contribution in [2.45, 2.75) is 31.1 Å². The highest BCUT2D eigenvalue weighted by molar-refractivity contribution is 7.93. The molecule has 0 amide bonds. The first-order valence-corrected chi connectivity index (χ1v) is 10.8. The van der Waals surface area contributed by atoms with Crippen molar-refractivity contribution in [1.29, 1.82) is 0 Å². The van der Waals surface area contributed by atoms with E-state index in [2.05, 4.69) is 9.98 Å². The Morgan fingerprint density at radius 3 is 2.52 bits per heavy atom. The van der Waals surface area contributed by atoms with Gasteiger partial charge in [0.2, 0.25) is 0 Å². The third kappa shape index (κ3) is 3.91. The van der Waals surface area contributed by atoms with Crippen LogP contribution in [0.3, 0.4) is 0 Å². The van der Waals surface area contributed by atoms with Crippen LogP contribution in [0.15, 0.2) is 41.5 Å². The summed E-state index contributed by atoms with van der Waals surface area (Å²) >= 11 is 5.75. The van der Waals surface area contributed by atoms with Crippen LogP contribution in [-0.2, 0) is 15.4 Å². The molecule has 0 saturated carbocycles. The molecule has 0 radical (unpaired) electrons. The van der Waals surface area contributed by atoms with Crippen LogP contribution in [0.25, 0.3) is 11.9 Å². The zero-order valence-corrected chi connectivity index (χ0v) is 17.7. The van der Waals surface area contributed by atoms with Crippen molar-refractivity contribution in [2.24, 2.45) is 10.7 Å². The molecule has 1 atom stereocenters. The van der Waals surface area contributed by atoms with Crippen molar-refractivity contribution < 1.29 is 17.2 Å². The molecular weight excluding hydrogens is 420 g/mol. The van der Waals surface area contributed by atoms with E-state index in [0.717, 1.165) is 6.07 Å². The van der Waals surface area contributed by atoms with Gasteiger partial charge in [-0.1, -0.05) is 17.7 Å². The highest BCUT2D eigenvalue weighted by atomic mass is 35.5. The van der Waals surface area contributed by atoms with Crippen molar-refractivity contribution in [3.05, 3.63) is 64.2 Å². The van der Waals surface area contributed by atoms with Gasteiger partial charge in [0.15, 0.2) is 9.84 Å². The second kappa shape index (κ2) is 7.18. The van der Waals surface area contributed by atoms with Gasteiger partial charge in [-0.2, -0.15) is 0 Å². The smallest absolute Gasteiger partial charge is 0.165 e. The molecule has 9 heteroatoms. The Labute approximate surface area is 173 Å². The standard InChI is InChI=1S/C20H20ClF2N3O2S/c1-19(2)18(24)26-20(3,11-29(19,27)28)14-8-12(4-6-15(14)22)9-16(23)17-7-5-13(21)10-25-17/h4-10H,11H2,1-3H3,(H2,24,26)/b16-9-/t20-/m0/s1. The first-order valence-electron chi connectivity index (χ1n) is 8.73. The van der Waals surface area contributed by atoms with Crippen molar-refractivity contribution in [3.8, 4) is 0 Å². The number of halogens is 3. The maximum Gasteiger partial charge on any atom is 0.165 e. The molecule has 1 aromatic heterocycles. The van der Waals surface area contributed by atoms with E-state index in [1.54, 1.807) is 0 Å². The van der Waals surface area contributed by atoms with Gasteiger partial charge in [-0.25, -0.2) is 17.2 Å². The van der Waals surface area contributed by atoms with Gasteiger partial charge >= 0.3 is 0 Å². The first kappa shape index (κ1) is 21.4. The van der Waals surface area contributed by atoms with E-state index in [9.17, 15) is 17.2 Å². The monoisotopic (exact) mass is 439 g/mol. The van der Waals surface area contributed by atoms with Crippen LogP contribution in [0.1, 0.15) is 37.6 Å². The van der Waals surface area contributed by atoms with Crippen LogP contribution in [-0.4, -0.2) is 29.7 Å². The van der Waals surface area contributed by atoms with E-state index in [0.29, 0.717) is 10.6 Å². The van der Waals surface area contributed by atoms with E-state index in [1.165, 1.54) is 57.3 Å². The van der Waals surface area contributed by atoms with Gasteiger partial charge in [-0.05, 0) is 56.7 Å². The summed E-state index contributed by atoms with van der Waals surface area (Å²) in [5.41, 5.74) is 4.90. The summed E-state index contributed by atoms with van der Waals surface area (Å²) in [4.78, 5) is 8.21. The second-order valence-corrected chi connectivity index (χ2v) is 10.6. The van der Waals surface area contributed by atoms with Crippen LogP contribution in [0.5, 0.6) is 0 Å². The molecule has 0 aliphatic carbocycles. The van der Waals surface area contributed by atoms with Crippen molar-refractivity contribution >= 4 is 39.2 Å². The summed E-state index contributed by atoms with van der Waals surface area (Å²) in [5, 5.41) is 0.371. The fourth-order valence-corrected chi connectivity index (χ4v) is 4.86. The zero-order valence-electron chi connectivity index (χ0n) is 16.1. The Morgan fingerprint density at radius 1 is 1.24 bits per heavy atom. The number of rotatable bonds is 3. The molecule has 1 aliphatic rings. The predicted octanol–water partition coefficient (Wildman–Crippen LogP) is 4.12. The maximum absolute atomic E-state index is 14.6. The molecule has 29 heavy (non-hydrogen) atoms. The molecule has 3 rings (SSSR count). The van der Waals surface area contributed by atoms with E-state index in [1.807, 2.05) is 0 Å². The van der Waals surface area contributed by atoms with Crippen LogP contribution in [0.2, 0.25) is 5.02 Å². The summed E-state index contributed by atoms with van der Waals surface area (Å²) in [7, 11) is -3.70. The first-order chi connectivity index (χ1) is 13.4. The largest absolute Gasteiger partial charge is 0.386 e. The Balaban J connectivity index is 2.07. The minimum absolute atomic E-state index is 0.0186. The zero-order chi connectivity index (χ0) is 21.6. The van der Waals surface area contributed by atoms with Crippen LogP contribution in [0.4, 0.5) is 8.78 Å². The Hall–Kier alpha value is -2.32. The number of pyridine rings is 1. The van der Waals surface area contributed by atoms with E-state index in [4.69, 9.17) is 17.3 Å². The molecule has 2 N–H and O–H groups in total. The molecule has 0 saturated heterocycles. The quantitative estimate of drug-likeness (QED) is 0.779. The predicted molar refractivity (Wildman–Crippen MR) is 111 cm³/mol. The van der Waals surface area contributed by atoms with Gasteiger partial charge in [-0.15, -0.1) is 0 Å². The Bertz CT molecular complexity index is 1130. The van der Waals surface area contributed by atoms with Gasteiger partial charge in [-0.3, -0.25) is 9.98 Å². The van der Waals surface area contributed by atoms with Crippen LogP contribution in [0, 0.1) is 5.82 Å². The third-order valence-corrected chi connectivity index (χ3v) is 8.00. The minimum atomic E-state index is -3.70. The number of nitrogens with zero attached hydrogens (tertiary/aromatic N) is 2. The molecular formula is C20H20ClF2N3O2S. The molecule has 0 bridgehead atoms. The molecule has 1 aliphatic heterocycles. The number of hydrogen-bond donors (Lipinski definition) is 1. The molecule has 5 nitrogen and oxygen atoms in total. The van der Waals surface area contributed by atoms with Gasteiger partial charge in [0.25, 0.3) is 0 Å². The lowest BCUT2D eigenvalue weighted by atomic mass is 9.91.